The standard InChI is InChI=1S/C15H14N3S.BrH/c1-19-15-16-18(14-10-6-3-7-11-14)12-17(15)13-8-4-2-5-9-13;/h2-12H,1H3;1H/q+1;/p-1. The predicted molar refractivity (Wildman–Crippen MR) is 76.9 cm³/mol. The Labute approximate surface area is 133 Å². The molecule has 0 aliphatic heterocycles. The van der Waals surface area contributed by atoms with Crippen molar-refractivity contribution in [3.63, 3.8) is 0 Å². The summed E-state index contributed by atoms with van der Waals surface area (Å²) in [5, 5.41) is 5.59. The molecule has 0 aliphatic carbocycles. The van der Waals surface area contributed by atoms with Crippen molar-refractivity contribution >= 4 is 11.8 Å². The molecule has 102 valence electrons. The molecule has 0 unspecified atom stereocenters. The molecule has 0 fully saturated rings. The largest absolute Gasteiger partial charge is 1.00 e. The minimum absolute atomic E-state index is 0. The summed E-state index contributed by atoms with van der Waals surface area (Å²) in [5.41, 5.74) is 2.18. The minimum Gasteiger partial charge on any atom is -1.00 e. The molecule has 0 N–H and O–H groups in total. The van der Waals surface area contributed by atoms with Crippen LogP contribution in [0.4, 0.5) is 0 Å². The number of aromatic nitrogens is 3. The molecule has 5 heteroatoms. The number of para-hydroxylation sites is 2. The van der Waals surface area contributed by atoms with Gasteiger partial charge in [0.2, 0.25) is 6.33 Å². The first kappa shape index (κ1) is 14.8. The van der Waals surface area contributed by atoms with Crippen LogP contribution in [0.2, 0.25) is 0 Å². The first-order valence-electron chi connectivity index (χ1n) is 6.04. The quantitative estimate of drug-likeness (QED) is 0.486. The van der Waals surface area contributed by atoms with Crippen molar-refractivity contribution in [1.82, 2.24) is 9.78 Å². The van der Waals surface area contributed by atoms with Crippen molar-refractivity contribution in [2.75, 3.05) is 6.26 Å². The molecule has 3 nitrogen and oxygen atoms in total. The third kappa shape index (κ3) is 2.94. The van der Waals surface area contributed by atoms with Crippen LogP contribution in [0, 0.1) is 0 Å². The monoisotopic (exact) mass is 347 g/mol. The third-order valence-corrected chi connectivity index (χ3v) is 3.51. The Bertz CT molecular complexity index is 668. The van der Waals surface area contributed by atoms with Gasteiger partial charge in [-0.15, -0.1) is 0 Å². The van der Waals surface area contributed by atoms with Crippen LogP contribution < -0.4 is 21.5 Å². The van der Waals surface area contributed by atoms with E-state index in [1.165, 1.54) is 0 Å². The van der Waals surface area contributed by atoms with E-state index in [9.17, 15) is 0 Å². The molecule has 1 heterocycles. The molecule has 0 spiro atoms. The number of benzene rings is 2. The average molecular weight is 348 g/mol. The molecular formula is C15H14BrN3S. The maximum Gasteiger partial charge on any atom is 0.341 e. The molecule has 0 bridgehead atoms. The molecule has 1 aromatic heterocycles. The van der Waals surface area contributed by atoms with E-state index in [-0.39, 0.29) is 17.0 Å². The van der Waals surface area contributed by atoms with Crippen molar-refractivity contribution in [3.05, 3.63) is 67.0 Å². The van der Waals surface area contributed by atoms with E-state index >= 15 is 0 Å². The highest BCUT2D eigenvalue weighted by Gasteiger charge is 2.18. The smallest absolute Gasteiger partial charge is 0.341 e. The van der Waals surface area contributed by atoms with E-state index in [1.54, 1.807) is 11.8 Å². The van der Waals surface area contributed by atoms with Crippen molar-refractivity contribution in [1.29, 1.82) is 0 Å². The molecular weight excluding hydrogens is 334 g/mol. The van der Waals surface area contributed by atoms with E-state index in [4.69, 9.17) is 0 Å². The maximum absolute atomic E-state index is 4.62. The van der Waals surface area contributed by atoms with Crippen molar-refractivity contribution < 1.29 is 21.5 Å². The van der Waals surface area contributed by atoms with Crippen LogP contribution in [-0.2, 0) is 0 Å². The fourth-order valence-electron chi connectivity index (χ4n) is 1.93. The molecule has 2 aromatic carbocycles. The zero-order valence-corrected chi connectivity index (χ0v) is 13.4. The zero-order chi connectivity index (χ0) is 13.1. The second-order valence-corrected chi connectivity index (χ2v) is 4.86. The van der Waals surface area contributed by atoms with Crippen LogP contribution in [0.1, 0.15) is 0 Å². The summed E-state index contributed by atoms with van der Waals surface area (Å²) < 4.78 is 4.00. The van der Waals surface area contributed by atoms with Gasteiger partial charge in [-0.25, -0.2) is 0 Å². The summed E-state index contributed by atoms with van der Waals surface area (Å²) in [4.78, 5) is 0. The van der Waals surface area contributed by atoms with Gasteiger partial charge >= 0.3 is 5.16 Å². The molecule has 0 aliphatic rings. The lowest BCUT2D eigenvalue weighted by Crippen LogP contribution is -3.00. The summed E-state index contributed by atoms with van der Waals surface area (Å²) in [5.74, 6) is 0. The zero-order valence-electron chi connectivity index (χ0n) is 11.0. The Kier molecular flexibility index (Phi) is 4.98. The van der Waals surface area contributed by atoms with Crippen LogP contribution in [0.25, 0.3) is 11.4 Å². The molecule has 3 rings (SSSR count). The van der Waals surface area contributed by atoms with Crippen molar-refractivity contribution in [3.8, 4) is 11.4 Å². The lowest BCUT2D eigenvalue weighted by Gasteiger charge is -1.96. The molecule has 0 saturated heterocycles. The van der Waals surface area contributed by atoms with Crippen LogP contribution in [0.3, 0.4) is 0 Å². The topological polar surface area (TPSA) is 21.7 Å². The summed E-state index contributed by atoms with van der Waals surface area (Å²) >= 11 is 1.64. The molecule has 3 aromatic rings. The fourth-order valence-corrected chi connectivity index (χ4v) is 2.45. The highest BCUT2D eigenvalue weighted by atomic mass is 79.9. The number of thioether (sulfide) groups is 1. The minimum atomic E-state index is 0. The maximum atomic E-state index is 4.62. The SMILES string of the molecule is CSc1nn(-c2ccccc2)c[n+]1-c1ccccc1.[Br-]. The number of hydrogen-bond acceptors (Lipinski definition) is 2. The van der Waals surface area contributed by atoms with Gasteiger partial charge in [0.1, 0.15) is 11.4 Å². The Hall–Kier alpha value is -1.59. The lowest BCUT2D eigenvalue weighted by atomic mass is 10.3. The van der Waals surface area contributed by atoms with Gasteiger partial charge in [0, 0.05) is 0 Å². The van der Waals surface area contributed by atoms with E-state index in [2.05, 4.69) is 21.8 Å². The van der Waals surface area contributed by atoms with Crippen molar-refractivity contribution in [2.45, 2.75) is 5.16 Å². The number of nitrogens with zero attached hydrogens (tertiary/aromatic N) is 3. The Balaban J connectivity index is 0.00000147. The van der Waals surface area contributed by atoms with Gasteiger partial charge < -0.3 is 17.0 Å². The molecule has 0 saturated carbocycles. The van der Waals surface area contributed by atoms with Gasteiger partial charge in [-0.2, -0.15) is 4.57 Å². The predicted octanol–water partition coefficient (Wildman–Crippen LogP) is -0.125. The summed E-state index contributed by atoms with van der Waals surface area (Å²) in [6, 6.07) is 20.4. The Morgan fingerprint density at radius 3 is 2.15 bits per heavy atom. The van der Waals surface area contributed by atoms with Crippen LogP contribution in [-0.4, -0.2) is 16.0 Å². The Morgan fingerprint density at radius 1 is 0.950 bits per heavy atom. The molecule has 0 radical (unpaired) electrons. The third-order valence-electron chi connectivity index (χ3n) is 2.86. The molecule has 0 amide bonds. The summed E-state index contributed by atoms with van der Waals surface area (Å²) in [6.45, 7) is 0. The van der Waals surface area contributed by atoms with Gasteiger partial charge in [-0.3, -0.25) is 0 Å². The van der Waals surface area contributed by atoms with Crippen molar-refractivity contribution in [2.24, 2.45) is 0 Å². The normalized spacial score (nSPS) is 10.1. The van der Waals surface area contributed by atoms with Gasteiger partial charge in [0.05, 0.1) is 5.10 Å². The van der Waals surface area contributed by atoms with Crippen LogP contribution in [0.5, 0.6) is 0 Å². The van der Waals surface area contributed by atoms with Crippen LogP contribution >= 0.6 is 11.8 Å². The van der Waals surface area contributed by atoms with Gasteiger partial charge in [-0.1, -0.05) is 52.8 Å². The lowest BCUT2D eigenvalue weighted by molar-refractivity contribution is -0.636. The summed E-state index contributed by atoms with van der Waals surface area (Å²) in [6.07, 6.45) is 4.05. The van der Waals surface area contributed by atoms with E-state index in [0.717, 1.165) is 16.5 Å². The van der Waals surface area contributed by atoms with E-state index in [1.807, 2.05) is 65.8 Å². The fraction of sp³-hybridized carbons (Fsp3) is 0.0667. The van der Waals surface area contributed by atoms with E-state index < -0.39 is 0 Å². The Morgan fingerprint density at radius 2 is 1.55 bits per heavy atom. The number of halogens is 1. The van der Waals surface area contributed by atoms with Gasteiger partial charge in [-0.05, 0) is 30.5 Å². The number of rotatable bonds is 3. The van der Waals surface area contributed by atoms with Crippen LogP contribution in [0.15, 0.2) is 72.1 Å². The van der Waals surface area contributed by atoms with Gasteiger partial charge in [0.25, 0.3) is 0 Å². The summed E-state index contributed by atoms with van der Waals surface area (Å²) in [7, 11) is 0. The second kappa shape index (κ2) is 6.72. The second-order valence-electron chi connectivity index (χ2n) is 4.09. The highest BCUT2D eigenvalue weighted by molar-refractivity contribution is 7.98. The average Bonchev–Trinajstić information content (AvgIpc) is 2.93. The molecule has 0 atom stereocenters. The first-order chi connectivity index (χ1) is 9.38. The number of hydrogen-bond donors (Lipinski definition) is 0. The van der Waals surface area contributed by atoms with Gasteiger partial charge in [0.15, 0.2) is 0 Å². The van der Waals surface area contributed by atoms with E-state index in [0.29, 0.717) is 0 Å². The highest BCUT2D eigenvalue weighted by Crippen LogP contribution is 2.12. The first-order valence-corrected chi connectivity index (χ1v) is 7.27. The molecule has 20 heavy (non-hydrogen) atoms.